The van der Waals surface area contributed by atoms with Crippen LogP contribution in [0.25, 0.3) is 0 Å². The average molecular weight is 302 g/mol. The lowest BCUT2D eigenvalue weighted by Crippen LogP contribution is -2.15. The normalized spacial score (nSPS) is 11.8. The van der Waals surface area contributed by atoms with E-state index in [0.717, 1.165) is 22.5 Å². The van der Waals surface area contributed by atoms with Gasteiger partial charge in [0, 0.05) is 30.2 Å². The second kappa shape index (κ2) is 6.98. The van der Waals surface area contributed by atoms with Crippen molar-refractivity contribution in [1.29, 1.82) is 0 Å². The third-order valence-corrected chi connectivity index (χ3v) is 3.44. The van der Waals surface area contributed by atoms with E-state index in [9.17, 15) is 4.79 Å². The standard InChI is InChI=1S/C16H22N4O2/c1-5-22-16(21)19-15-8-6-7-14(11(15)2)18-12(3)13-9-17-20(4)10-13/h6-10,12,18H,5H2,1-4H3,(H,19,21)/t12-/m1/s1. The van der Waals surface area contributed by atoms with Crippen LogP contribution in [0.4, 0.5) is 16.2 Å². The maximum atomic E-state index is 11.6. The van der Waals surface area contributed by atoms with Crippen molar-refractivity contribution in [2.75, 3.05) is 17.2 Å². The molecule has 0 radical (unpaired) electrons. The van der Waals surface area contributed by atoms with E-state index in [1.807, 2.05) is 44.6 Å². The molecule has 6 nitrogen and oxygen atoms in total. The molecular weight excluding hydrogens is 280 g/mol. The minimum absolute atomic E-state index is 0.116. The molecule has 0 fully saturated rings. The van der Waals surface area contributed by atoms with Gasteiger partial charge in [-0.2, -0.15) is 5.10 Å². The van der Waals surface area contributed by atoms with Crippen LogP contribution in [-0.4, -0.2) is 22.5 Å². The molecule has 1 aromatic heterocycles. The third kappa shape index (κ3) is 3.78. The summed E-state index contributed by atoms with van der Waals surface area (Å²) in [6, 6.07) is 5.85. The Labute approximate surface area is 130 Å². The van der Waals surface area contributed by atoms with Crippen molar-refractivity contribution in [1.82, 2.24) is 9.78 Å². The van der Waals surface area contributed by atoms with E-state index >= 15 is 0 Å². The van der Waals surface area contributed by atoms with E-state index in [4.69, 9.17) is 4.74 Å². The zero-order chi connectivity index (χ0) is 16.1. The van der Waals surface area contributed by atoms with Crippen LogP contribution in [0.1, 0.15) is 31.0 Å². The highest BCUT2D eigenvalue weighted by atomic mass is 16.5. The van der Waals surface area contributed by atoms with Gasteiger partial charge in [0.25, 0.3) is 0 Å². The number of nitrogens with one attached hydrogen (secondary N) is 2. The van der Waals surface area contributed by atoms with Crippen molar-refractivity contribution in [3.8, 4) is 0 Å². The Morgan fingerprint density at radius 2 is 2.14 bits per heavy atom. The van der Waals surface area contributed by atoms with E-state index in [0.29, 0.717) is 6.61 Å². The molecule has 2 rings (SSSR count). The van der Waals surface area contributed by atoms with Crippen LogP contribution in [0.3, 0.4) is 0 Å². The van der Waals surface area contributed by atoms with Crippen molar-refractivity contribution in [2.45, 2.75) is 26.8 Å². The summed E-state index contributed by atoms with van der Waals surface area (Å²) in [6.07, 6.45) is 3.38. The van der Waals surface area contributed by atoms with Crippen molar-refractivity contribution in [3.63, 3.8) is 0 Å². The fourth-order valence-corrected chi connectivity index (χ4v) is 2.18. The van der Waals surface area contributed by atoms with Crippen LogP contribution in [0, 0.1) is 6.92 Å². The number of aromatic nitrogens is 2. The van der Waals surface area contributed by atoms with Gasteiger partial charge < -0.3 is 10.1 Å². The highest BCUT2D eigenvalue weighted by Crippen LogP contribution is 2.27. The number of nitrogens with zero attached hydrogens (tertiary/aromatic N) is 2. The molecular formula is C16H22N4O2. The number of hydrogen-bond donors (Lipinski definition) is 2. The van der Waals surface area contributed by atoms with Gasteiger partial charge in [0.15, 0.2) is 0 Å². The van der Waals surface area contributed by atoms with Gasteiger partial charge >= 0.3 is 6.09 Å². The van der Waals surface area contributed by atoms with Gasteiger partial charge in [0.1, 0.15) is 0 Å². The SMILES string of the molecule is CCOC(=O)Nc1cccc(N[C@H](C)c2cnn(C)c2)c1C. The van der Waals surface area contributed by atoms with Gasteiger partial charge in [-0.3, -0.25) is 10.00 Å². The Morgan fingerprint density at radius 3 is 2.77 bits per heavy atom. The summed E-state index contributed by atoms with van der Waals surface area (Å²) < 4.78 is 6.69. The summed E-state index contributed by atoms with van der Waals surface area (Å²) in [5.74, 6) is 0. The Hall–Kier alpha value is -2.50. The molecule has 0 aliphatic rings. The van der Waals surface area contributed by atoms with Gasteiger partial charge in [0.05, 0.1) is 18.8 Å². The molecule has 0 unspecified atom stereocenters. The number of carbonyl (C=O) groups excluding carboxylic acids is 1. The van der Waals surface area contributed by atoms with Crippen molar-refractivity contribution in [3.05, 3.63) is 41.7 Å². The smallest absolute Gasteiger partial charge is 0.411 e. The predicted octanol–water partition coefficient (Wildman–Crippen LogP) is 3.47. The molecule has 1 atom stereocenters. The first-order chi connectivity index (χ1) is 10.5. The van der Waals surface area contributed by atoms with E-state index < -0.39 is 6.09 Å². The van der Waals surface area contributed by atoms with Crippen LogP contribution in [0.5, 0.6) is 0 Å². The molecule has 0 bridgehead atoms. The monoisotopic (exact) mass is 302 g/mol. The minimum Gasteiger partial charge on any atom is -0.450 e. The first kappa shape index (κ1) is 15.9. The second-order valence-electron chi connectivity index (χ2n) is 5.14. The molecule has 6 heteroatoms. The van der Waals surface area contributed by atoms with Crippen molar-refractivity contribution in [2.24, 2.45) is 7.05 Å². The molecule has 0 saturated heterocycles. The Balaban J connectivity index is 2.13. The lowest BCUT2D eigenvalue weighted by atomic mass is 10.1. The molecule has 0 aliphatic heterocycles. The number of benzene rings is 1. The average Bonchev–Trinajstić information content (AvgIpc) is 2.90. The molecule has 2 aromatic rings. The fraction of sp³-hybridized carbons (Fsp3) is 0.375. The maximum Gasteiger partial charge on any atom is 0.411 e. The molecule has 118 valence electrons. The fourth-order valence-electron chi connectivity index (χ4n) is 2.18. The van der Waals surface area contributed by atoms with Crippen LogP contribution in [-0.2, 0) is 11.8 Å². The number of aryl methyl sites for hydroxylation is 1. The quantitative estimate of drug-likeness (QED) is 0.887. The van der Waals surface area contributed by atoms with Crippen LogP contribution < -0.4 is 10.6 Å². The van der Waals surface area contributed by atoms with Gasteiger partial charge in [0.2, 0.25) is 0 Å². The molecule has 0 saturated carbocycles. The van der Waals surface area contributed by atoms with Crippen LogP contribution in [0.2, 0.25) is 0 Å². The Morgan fingerprint density at radius 1 is 1.41 bits per heavy atom. The summed E-state index contributed by atoms with van der Waals surface area (Å²) in [5, 5.41) is 10.4. The van der Waals surface area contributed by atoms with Crippen LogP contribution in [0.15, 0.2) is 30.6 Å². The lowest BCUT2D eigenvalue weighted by Gasteiger charge is -2.18. The minimum atomic E-state index is -0.442. The van der Waals surface area contributed by atoms with E-state index in [2.05, 4.69) is 22.7 Å². The summed E-state index contributed by atoms with van der Waals surface area (Å²) in [5.41, 5.74) is 3.77. The Bertz CT molecular complexity index is 651. The van der Waals surface area contributed by atoms with E-state index in [1.54, 1.807) is 11.6 Å². The zero-order valence-corrected chi connectivity index (χ0v) is 13.4. The molecule has 0 aliphatic carbocycles. The summed E-state index contributed by atoms with van der Waals surface area (Å²) >= 11 is 0. The second-order valence-corrected chi connectivity index (χ2v) is 5.14. The molecule has 22 heavy (non-hydrogen) atoms. The lowest BCUT2D eigenvalue weighted by molar-refractivity contribution is 0.168. The summed E-state index contributed by atoms with van der Waals surface area (Å²) in [6.45, 7) is 6.16. The van der Waals surface area contributed by atoms with E-state index in [1.165, 1.54) is 0 Å². The molecule has 2 N–H and O–H groups in total. The number of ether oxygens (including phenoxy) is 1. The van der Waals surface area contributed by atoms with Gasteiger partial charge in [-0.05, 0) is 38.5 Å². The number of carbonyl (C=O) groups is 1. The number of rotatable bonds is 5. The third-order valence-electron chi connectivity index (χ3n) is 3.44. The number of anilines is 2. The van der Waals surface area contributed by atoms with Gasteiger partial charge in [-0.1, -0.05) is 6.07 Å². The first-order valence-electron chi connectivity index (χ1n) is 7.29. The summed E-state index contributed by atoms with van der Waals surface area (Å²) in [4.78, 5) is 11.6. The first-order valence-corrected chi connectivity index (χ1v) is 7.29. The zero-order valence-electron chi connectivity index (χ0n) is 13.4. The molecule has 0 spiro atoms. The Kier molecular flexibility index (Phi) is 5.04. The number of amides is 1. The highest BCUT2D eigenvalue weighted by Gasteiger charge is 2.12. The van der Waals surface area contributed by atoms with E-state index in [-0.39, 0.29) is 6.04 Å². The molecule has 1 heterocycles. The number of hydrogen-bond acceptors (Lipinski definition) is 4. The largest absolute Gasteiger partial charge is 0.450 e. The van der Waals surface area contributed by atoms with Crippen LogP contribution >= 0.6 is 0 Å². The maximum absolute atomic E-state index is 11.6. The van der Waals surface area contributed by atoms with Gasteiger partial charge in [-0.15, -0.1) is 0 Å². The van der Waals surface area contributed by atoms with Crippen molar-refractivity contribution >= 4 is 17.5 Å². The predicted molar refractivity (Wildman–Crippen MR) is 87.1 cm³/mol. The highest BCUT2D eigenvalue weighted by molar-refractivity contribution is 5.87. The summed E-state index contributed by atoms with van der Waals surface area (Å²) in [7, 11) is 1.89. The van der Waals surface area contributed by atoms with Crippen molar-refractivity contribution < 1.29 is 9.53 Å². The molecule has 1 aromatic carbocycles. The molecule has 1 amide bonds. The topological polar surface area (TPSA) is 68.2 Å². The van der Waals surface area contributed by atoms with Gasteiger partial charge in [-0.25, -0.2) is 4.79 Å².